The van der Waals surface area contributed by atoms with Crippen molar-refractivity contribution in [2.45, 2.75) is 51.1 Å². The predicted octanol–water partition coefficient (Wildman–Crippen LogP) is 3.73. The smallest absolute Gasteiger partial charge is 0.333 e. The SMILES string of the molecule is CC[C@@H]1Cc2ccccc2[C@@H]1Nc1ncnc2c1ccn2[C@H]1CC[C@H](COS(N)(=O)=O)C1. The van der Waals surface area contributed by atoms with E-state index in [0.29, 0.717) is 5.92 Å². The number of rotatable bonds is 7. The maximum absolute atomic E-state index is 11.1. The zero-order chi connectivity index (χ0) is 22.3. The van der Waals surface area contributed by atoms with E-state index < -0.39 is 10.3 Å². The number of fused-ring (bicyclic) bond motifs is 2. The molecule has 0 saturated heterocycles. The number of benzene rings is 1. The fourth-order valence-corrected chi connectivity index (χ4v) is 5.81. The highest BCUT2D eigenvalue weighted by Gasteiger charge is 2.32. The Morgan fingerprint density at radius 2 is 2.06 bits per heavy atom. The van der Waals surface area contributed by atoms with E-state index >= 15 is 0 Å². The van der Waals surface area contributed by atoms with Gasteiger partial charge >= 0.3 is 10.3 Å². The molecular weight excluding hydrogens is 426 g/mol. The lowest BCUT2D eigenvalue weighted by Gasteiger charge is -2.22. The van der Waals surface area contributed by atoms with Gasteiger partial charge in [-0.25, -0.2) is 15.1 Å². The van der Waals surface area contributed by atoms with Crippen LogP contribution in [-0.4, -0.2) is 29.6 Å². The molecule has 3 aromatic rings. The predicted molar refractivity (Wildman–Crippen MR) is 123 cm³/mol. The minimum absolute atomic E-state index is 0.135. The van der Waals surface area contributed by atoms with Crippen molar-refractivity contribution in [3.63, 3.8) is 0 Å². The summed E-state index contributed by atoms with van der Waals surface area (Å²) < 4.78 is 29.2. The summed E-state index contributed by atoms with van der Waals surface area (Å²) in [6.45, 7) is 2.38. The van der Waals surface area contributed by atoms with Gasteiger partial charge in [0, 0.05) is 12.2 Å². The number of nitrogens with two attached hydrogens (primary N) is 1. The average Bonchev–Trinajstić information content (AvgIpc) is 3.49. The van der Waals surface area contributed by atoms with Crippen LogP contribution >= 0.6 is 0 Å². The van der Waals surface area contributed by atoms with Crippen molar-refractivity contribution >= 4 is 27.2 Å². The molecule has 32 heavy (non-hydrogen) atoms. The Kier molecular flexibility index (Phi) is 5.65. The Morgan fingerprint density at radius 3 is 2.88 bits per heavy atom. The maximum Gasteiger partial charge on any atom is 0.333 e. The largest absolute Gasteiger partial charge is 0.362 e. The number of hydrogen-bond acceptors (Lipinski definition) is 6. The summed E-state index contributed by atoms with van der Waals surface area (Å²) in [6, 6.07) is 11.2. The lowest BCUT2D eigenvalue weighted by molar-refractivity contribution is 0.253. The molecule has 0 amide bonds. The van der Waals surface area contributed by atoms with E-state index in [1.807, 2.05) is 0 Å². The van der Waals surface area contributed by atoms with Crippen LogP contribution in [0.4, 0.5) is 5.82 Å². The monoisotopic (exact) mass is 455 g/mol. The van der Waals surface area contributed by atoms with Crippen LogP contribution < -0.4 is 10.5 Å². The number of nitrogens with one attached hydrogen (secondary N) is 1. The first-order chi connectivity index (χ1) is 15.4. The Bertz CT molecular complexity index is 1230. The normalized spacial score (nSPS) is 25.3. The van der Waals surface area contributed by atoms with Crippen LogP contribution in [0, 0.1) is 11.8 Å². The van der Waals surface area contributed by atoms with E-state index in [1.165, 1.54) is 11.1 Å². The van der Waals surface area contributed by atoms with E-state index in [1.54, 1.807) is 6.33 Å². The second-order valence-electron chi connectivity index (χ2n) is 8.99. The summed E-state index contributed by atoms with van der Waals surface area (Å²) in [5.74, 6) is 1.56. The lowest BCUT2D eigenvalue weighted by atomic mass is 9.98. The first kappa shape index (κ1) is 21.4. The Morgan fingerprint density at radius 1 is 1.22 bits per heavy atom. The number of hydrogen-bond donors (Lipinski definition) is 2. The molecule has 3 N–H and O–H groups in total. The quantitative estimate of drug-likeness (QED) is 0.561. The summed E-state index contributed by atoms with van der Waals surface area (Å²) in [7, 11) is -3.90. The van der Waals surface area contributed by atoms with Crippen molar-refractivity contribution in [1.82, 2.24) is 14.5 Å². The van der Waals surface area contributed by atoms with E-state index in [9.17, 15) is 8.42 Å². The fraction of sp³-hybridized carbons (Fsp3) is 0.478. The van der Waals surface area contributed by atoms with E-state index in [4.69, 9.17) is 9.32 Å². The molecule has 8 nitrogen and oxygen atoms in total. The first-order valence-electron chi connectivity index (χ1n) is 11.3. The third-order valence-electron chi connectivity index (χ3n) is 7.04. The Balaban J connectivity index is 1.37. The molecule has 2 aliphatic rings. The molecule has 0 bridgehead atoms. The molecule has 1 saturated carbocycles. The maximum atomic E-state index is 11.1. The molecule has 2 aromatic heterocycles. The van der Waals surface area contributed by atoms with Crippen LogP contribution in [0.3, 0.4) is 0 Å². The highest BCUT2D eigenvalue weighted by Crippen LogP contribution is 2.41. The molecule has 1 aromatic carbocycles. The van der Waals surface area contributed by atoms with Gasteiger partial charge in [-0.2, -0.15) is 8.42 Å². The van der Waals surface area contributed by atoms with Crippen LogP contribution in [0.1, 0.15) is 55.8 Å². The van der Waals surface area contributed by atoms with Crippen LogP contribution in [-0.2, 0) is 20.9 Å². The number of aromatic nitrogens is 3. The lowest BCUT2D eigenvalue weighted by Crippen LogP contribution is -2.19. The second-order valence-corrected chi connectivity index (χ2v) is 10.2. The van der Waals surface area contributed by atoms with Crippen molar-refractivity contribution in [1.29, 1.82) is 0 Å². The summed E-state index contributed by atoms with van der Waals surface area (Å²) in [5.41, 5.74) is 3.68. The van der Waals surface area contributed by atoms with Crippen molar-refractivity contribution < 1.29 is 12.6 Å². The van der Waals surface area contributed by atoms with Crippen molar-refractivity contribution in [3.8, 4) is 0 Å². The topological polar surface area (TPSA) is 112 Å². The zero-order valence-corrected chi connectivity index (χ0v) is 19.0. The molecule has 2 aliphatic carbocycles. The van der Waals surface area contributed by atoms with E-state index in [0.717, 1.165) is 49.0 Å². The van der Waals surface area contributed by atoms with Gasteiger partial charge in [-0.3, -0.25) is 4.18 Å². The molecule has 170 valence electrons. The molecule has 1 fully saturated rings. The Labute approximate surface area is 188 Å². The number of anilines is 1. The van der Waals surface area contributed by atoms with Crippen LogP contribution in [0.5, 0.6) is 0 Å². The average molecular weight is 456 g/mol. The van der Waals surface area contributed by atoms with Gasteiger partial charge in [0.05, 0.1) is 18.0 Å². The van der Waals surface area contributed by atoms with Gasteiger partial charge in [-0.05, 0) is 54.7 Å². The van der Waals surface area contributed by atoms with Crippen molar-refractivity contribution in [2.24, 2.45) is 17.0 Å². The van der Waals surface area contributed by atoms with Gasteiger partial charge in [0.15, 0.2) is 0 Å². The van der Waals surface area contributed by atoms with Gasteiger partial charge < -0.3 is 9.88 Å². The zero-order valence-electron chi connectivity index (χ0n) is 18.1. The molecule has 4 atom stereocenters. The number of nitrogens with zero attached hydrogens (tertiary/aromatic N) is 3. The minimum atomic E-state index is -3.90. The van der Waals surface area contributed by atoms with Gasteiger partial charge in [-0.1, -0.05) is 37.6 Å². The van der Waals surface area contributed by atoms with Gasteiger partial charge in [-0.15, -0.1) is 0 Å². The summed E-state index contributed by atoms with van der Waals surface area (Å²) >= 11 is 0. The minimum Gasteiger partial charge on any atom is -0.362 e. The standard InChI is InChI=1S/C23H29N5O3S/c1-2-16-12-17-5-3-4-6-19(17)21(16)27-22-20-9-10-28(23(20)26-14-25-22)18-8-7-15(11-18)13-31-32(24,29)30/h3-6,9-10,14-16,18,21H,2,7-8,11-13H2,1H3,(H2,24,29,30)(H,25,26,27)/t15-,16+,18-,21+/m0/s1. The molecule has 2 heterocycles. The van der Waals surface area contributed by atoms with Crippen molar-refractivity contribution in [2.75, 3.05) is 11.9 Å². The molecule has 9 heteroatoms. The second kappa shape index (κ2) is 8.46. The molecule has 0 aliphatic heterocycles. The first-order valence-corrected chi connectivity index (χ1v) is 12.7. The molecule has 0 spiro atoms. The Hall–Kier alpha value is -2.49. The van der Waals surface area contributed by atoms with Crippen LogP contribution in [0.15, 0.2) is 42.9 Å². The highest BCUT2D eigenvalue weighted by molar-refractivity contribution is 7.84. The molecular formula is C23H29N5O3S. The third-order valence-corrected chi connectivity index (χ3v) is 7.51. The van der Waals surface area contributed by atoms with E-state index in [2.05, 4.69) is 63.3 Å². The van der Waals surface area contributed by atoms with Gasteiger partial charge in [0.2, 0.25) is 0 Å². The van der Waals surface area contributed by atoms with Crippen LogP contribution in [0.25, 0.3) is 11.0 Å². The summed E-state index contributed by atoms with van der Waals surface area (Å²) in [6.07, 6.45) is 8.56. The molecule has 5 rings (SSSR count). The third kappa shape index (κ3) is 4.12. The highest BCUT2D eigenvalue weighted by atomic mass is 32.2. The fourth-order valence-electron chi connectivity index (χ4n) is 5.42. The molecule has 0 unspecified atom stereocenters. The molecule has 0 radical (unpaired) electrons. The summed E-state index contributed by atoms with van der Waals surface area (Å²) in [5, 5.41) is 9.71. The van der Waals surface area contributed by atoms with Gasteiger partial charge in [0.25, 0.3) is 0 Å². The van der Waals surface area contributed by atoms with Crippen LogP contribution in [0.2, 0.25) is 0 Å². The summed E-state index contributed by atoms with van der Waals surface area (Å²) in [4.78, 5) is 9.17. The van der Waals surface area contributed by atoms with Crippen molar-refractivity contribution in [3.05, 3.63) is 54.0 Å². The van der Waals surface area contributed by atoms with E-state index in [-0.39, 0.29) is 24.6 Å². The van der Waals surface area contributed by atoms with Gasteiger partial charge in [0.1, 0.15) is 17.8 Å².